The largest absolute Gasteiger partial charge is 0.0651 e. The van der Waals surface area contributed by atoms with E-state index in [2.05, 4.69) is 201 Å². The molecule has 11 fully saturated rings. The Balaban J connectivity index is 0.000000308. The normalized spacial score (nSPS) is 42.5. The van der Waals surface area contributed by atoms with Crippen LogP contribution in [0.2, 0.25) is 0 Å². The van der Waals surface area contributed by atoms with E-state index in [1.165, 1.54) is 154 Å². The summed E-state index contributed by atoms with van der Waals surface area (Å²) in [5, 5.41) is 0. The van der Waals surface area contributed by atoms with Crippen molar-refractivity contribution in [3.05, 3.63) is 0 Å². The fourth-order valence-corrected chi connectivity index (χ4v) is 17.4. The van der Waals surface area contributed by atoms with Gasteiger partial charge in [0, 0.05) is 0 Å². The van der Waals surface area contributed by atoms with Crippen LogP contribution in [0.5, 0.6) is 0 Å². The Morgan fingerprint density at radius 1 is 0.370 bits per heavy atom. The molecule has 81 heavy (non-hydrogen) atoms. The van der Waals surface area contributed by atoms with Gasteiger partial charge < -0.3 is 0 Å². The van der Waals surface area contributed by atoms with Crippen LogP contribution in [-0.2, 0) is 0 Å². The standard InChI is InChI=1S/C9H16.9C8H16/c1-7-5-8-3-4-9(7,2)6-8;2*1-6-4-7(2)8(3)5-6;1-6(2)8-4-7(3)5-8;1-7-4-5-8(2,3)6-7;1-8(2,3)7-5-4-6-7;2*1-6-4-5-7(2)8(6)3;1-5-6(2)8(4)7(5)3;1-3-7(2)8-5-4-6-8/h7-8H,3-6H2,1-2H3;3*6-8H,4-5H2,1-3H3;2*7H,4-6H2,1-3H3;2*6-8H,4-5H2,1-3H3;5-8H,1-4H3;7-8H,3-6H2,1-2H3/t7-,8?,9?;6?,7-,8?;;;;;;;;/m00......../s1. The lowest BCUT2D eigenvalue weighted by molar-refractivity contribution is 0.0302. The number of fused-ring (bicyclic) bond motifs is 2. The van der Waals surface area contributed by atoms with Crippen molar-refractivity contribution >= 4 is 0 Å². The van der Waals surface area contributed by atoms with Gasteiger partial charge in [0.2, 0.25) is 0 Å². The third-order valence-corrected chi connectivity index (χ3v) is 27.4. The Morgan fingerprint density at radius 2 is 0.741 bits per heavy atom. The zero-order chi connectivity index (χ0) is 61.9. The number of hydrogen-bond donors (Lipinski definition) is 0. The van der Waals surface area contributed by atoms with Gasteiger partial charge >= 0.3 is 0 Å². The molecule has 11 saturated carbocycles. The zero-order valence-corrected chi connectivity index (χ0v) is 61.9. The van der Waals surface area contributed by atoms with E-state index in [4.69, 9.17) is 0 Å². The van der Waals surface area contributed by atoms with Crippen LogP contribution in [-0.4, -0.2) is 0 Å². The van der Waals surface area contributed by atoms with Crippen LogP contribution >= 0.6 is 0 Å². The highest BCUT2D eigenvalue weighted by Gasteiger charge is 2.46. The van der Waals surface area contributed by atoms with Gasteiger partial charge in [0.25, 0.3) is 0 Å². The number of hydrogen-bond acceptors (Lipinski definition) is 0. The molecule has 14 atom stereocenters. The second kappa shape index (κ2) is 36.5. The molecule has 0 aromatic heterocycles. The van der Waals surface area contributed by atoms with Gasteiger partial charge in [-0.25, -0.2) is 0 Å². The molecule has 12 unspecified atom stereocenters. The summed E-state index contributed by atoms with van der Waals surface area (Å²) in [6.07, 6.45) is 35.4. The average molecular weight is 1130 g/mol. The molecule has 0 nitrogen and oxygen atoms in total. The van der Waals surface area contributed by atoms with Crippen molar-refractivity contribution in [2.24, 2.45) is 164 Å². The summed E-state index contributed by atoms with van der Waals surface area (Å²) in [7, 11) is 0. The highest BCUT2D eigenvalue weighted by Crippen LogP contribution is 2.57. The third kappa shape index (κ3) is 27.1. The zero-order valence-electron chi connectivity index (χ0n) is 61.9. The van der Waals surface area contributed by atoms with Crippen molar-refractivity contribution in [1.82, 2.24) is 0 Å². The quantitative estimate of drug-likeness (QED) is 0.264. The van der Waals surface area contributed by atoms with E-state index in [1.807, 2.05) is 0 Å². The van der Waals surface area contributed by atoms with Gasteiger partial charge in [-0.15, -0.1) is 0 Å². The second-order valence-electron chi connectivity index (χ2n) is 36.3. The first kappa shape index (κ1) is 77.1. The Morgan fingerprint density at radius 3 is 0.840 bits per heavy atom. The summed E-state index contributed by atoms with van der Waals surface area (Å²) in [4.78, 5) is 0. The molecular weight excluding hydrogens is 973 g/mol. The van der Waals surface area contributed by atoms with E-state index in [-0.39, 0.29) is 0 Å². The summed E-state index contributed by atoms with van der Waals surface area (Å²) >= 11 is 0. The molecule has 11 rings (SSSR count). The highest BCUT2D eigenvalue weighted by atomic mass is 14.5. The third-order valence-electron chi connectivity index (χ3n) is 27.4. The summed E-state index contributed by atoms with van der Waals surface area (Å²) in [6, 6.07) is 0. The van der Waals surface area contributed by atoms with Crippen molar-refractivity contribution in [2.45, 2.75) is 355 Å². The van der Waals surface area contributed by atoms with Crippen molar-refractivity contribution in [3.63, 3.8) is 0 Å². The van der Waals surface area contributed by atoms with E-state index < -0.39 is 0 Å². The van der Waals surface area contributed by atoms with Crippen LogP contribution in [0.3, 0.4) is 0 Å². The van der Waals surface area contributed by atoms with Crippen molar-refractivity contribution < 1.29 is 0 Å². The Labute approximate surface area is 516 Å². The predicted octanol–water partition coefficient (Wildman–Crippen LogP) is 27.3. The molecule has 0 heterocycles. The maximum atomic E-state index is 2.48. The van der Waals surface area contributed by atoms with Gasteiger partial charge in [-0.3, -0.25) is 0 Å². The van der Waals surface area contributed by atoms with Gasteiger partial charge in [0.15, 0.2) is 0 Å². The lowest BCUT2D eigenvalue weighted by Crippen LogP contribution is -2.39. The van der Waals surface area contributed by atoms with Gasteiger partial charge in [0.1, 0.15) is 0 Å². The number of rotatable bonds is 3. The first-order valence-electron chi connectivity index (χ1n) is 37.4. The minimum atomic E-state index is 0.595. The van der Waals surface area contributed by atoms with Gasteiger partial charge in [-0.2, -0.15) is 0 Å². The molecule has 0 aromatic rings. The molecule has 0 saturated heterocycles. The molecule has 11 aliphatic rings. The minimum absolute atomic E-state index is 0.595. The fourth-order valence-electron chi connectivity index (χ4n) is 17.4. The maximum absolute atomic E-state index is 2.48. The van der Waals surface area contributed by atoms with Crippen LogP contribution in [0.1, 0.15) is 355 Å². The summed E-state index contributed by atoms with van der Waals surface area (Å²) in [5.74, 6) is 25.1. The molecule has 0 spiro atoms. The van der Waals surface area contributed by atoms with Crippen molar-refractivity contribution in [2.75, 3.05) is 0 Å². The molecule has 0 radical (unpaired) electrons. The molecular formula is C81H160. The van der Waals surface area contributed by atoms with E-state index in [1.54, 1.807) is 0 Å². The average Bonchev–Trinajstić information content (AvgIpc) is 4.21. The van der Waals surface area contributed by atoms with Gasteiger partial charge in [-0.1, -0.05) is 265 Å². The molecule has 0 aromatic carbocycles. The van der Waals surface area contributed by atoms with Crippen LogP contribution < -0.4 is 0 Å². The minimum Gasteiger partial charge on any atom is -0.0651 e. The topological polar surface area (TPSA) is 0 Å². The molecule has 0 amide bonds. The van der Waals surface area contributed by atoms with Crippen LogP contribution in [0.4, 0.5) is 0 Å². The lowest BCUT2D eigenvalue weighted by atomic mass is 9.60. The Kier molecular flexibility index (Phi) is 34.7. The highest BCUT2D eigenvalue weighted by molar-refractivity contribution is 4.97. The van der Waals surface area contributed by atoms with Gasteiger partial charge in [-0.05, 0) is 254 Å². The van der Waals surface area contributed by atoms with Crippen LogP contribution in [0.25, 0.3) is 0 Å². The Hall–Kier alpha value is 0. The molecule has 0 heteroatoms. The molecule has 2 bridgehead atoms. The SMILES string of the molecule is CC(C)(C)C1CCC1.CC1C(C)C(C)C1C.CC1CC(C(C)C)C1.CC1CC(C)C(C)C1.CC1CC(C)[C@@H](C)C1.CC1CCC(C)(C)C1.CC1CCC(C)C1C.CC1CCC(C)C1C.CCC(C)C1CCC1.C[C@H]1CC2CCC1(C)C2. The van der Waals surface area contributed by atoms with Crippen LogP contribution in [0, 0.1) is 164 Å². The van der Waals surface area contributed by atoms with Crippen LogP contribution in [0.15, 0.2) is 0 Å². The molecule has 484 valence electrons. The molecule has 0 aliphatic heterocycles. The molecule has 11 aliphatic carbocycles. The van der Waals surface area contributed by atoms with Crippen molar-refractivity contribution in [3.8, 4) is 0 Å². The second-order valence-corrected chi connectivity index (χ2v) is 36.3. The van der Waals surface area contributed by atoms with Gasteiger partial charge in [0.05, 0.1) is 0 Å². The maximum Gasteiger partial charge on any atom is -0.0297 e. The summed E-state index contributed by atoms with van der Waals surface area (Å²) < 4.78 is 0. The van der Waals surface area contributed by atoms with E-state index in [0.717, 1.165) is 153 Å². The summed E-state index contributed by atoms with van der Waals surface area (Å²) in [5.41, 5.74) is 2.03. The van der Waals surface area contributed by atoms with Crippen molar-refractivity contribution in [1.29, 1.82) is 0 Å². The molecule has 0 N–H and O–H groups in total. The first-order chi connectivity index (χ1) is 37.4. The van der Waals surface area contributed by atoms with E-state index in [9.17, 15) is 0 Å². The summed E-state index contributed by atoms with van der Waals surface area (Å²) in [6.45, 7) is 68.6. The van der Waals surface area contributed by atoms with E-state index in [0.29, 0.717) is 10.8 Å². The van der Waals surface area contributed by atoms with E-state index >= 15 is 0 Å². The first-order valence-corrected chi connectivity index (χ1v) is 37.4. The smallest absolute Gasteiger partial charge is 0.0297 e. The fraction of sp³-hybridized carbons (Fsp3) is 1.00. The Bertz CT molecular complexity index is 1440. The monoisotopic (exact) mass is 1130 g/mol. The lowest BCUT2D eigenvalue weighted by Gasteiger charge is -2.45. The predicted molar refractivity (Wildman–Crippen MR) is 370 cm³/mol.